The number of hydrogen-bond donors (Lipinski definition) is 1. The minimum atomic E-state index is -0.974. The molecule has 0 spiro atoms. The number of carboxylic acids is 1. The number of aliphatic carboxylic acids is 1. The van der Waals surface area contributed by atoms with Crippen molar-refractivity contribution < 1.29 is 14.6 Å². The van der Waals surface area contributed by atoms with Gasteiger partial charge < -0.3 is 9.84 Å². The zero-order valence-electron chi connectivity index (χ0n) is 17.4. The van der Waals surface area contributed by atoms with Crippen LogP contribution in [0, 0.1) is 13.8 Å². The Morgan fingerprint density at radius 2 is 1.90 bits per heavy atom. The van der Waals surface area contributed by atoms with E-state index in [1.54, 1.807) is 23.1 Å². The molecular formula is C25H23NO3S2. The average Bonchev–Trinajstić information content (AvgIpc) is 3.10. The molecule has 4 aromatic rings. The lowest BCUT2D eigenvalue weighted by Crippen LogP contribution is -2.09. The zero-order chi connectivity index (χ0) is 21.8. The van der Waals surface area contributed by atoms with Crippen LogP contribution in [-0.4, -0.2) is 22.7 Å². The van der Waals surface area contributed by atoms with Crippen LogP contribution in [-0.2, 0) is 17.0 Å². The van der Waals surface area contributed by atoms with Gasteiger partial charge in [-0.2, -0.15) is 0 Å². The molecule has 0 atom stereocenters. The van der Waals surface area contributed by atoms with Crippen LogP contribution in [0.5, 0.6) is 5.75 Å². The fourth-order valence-electron chi connectivity index (χ4n) is 3.47. The van der Waals surface area contributed by atoms with E-state index in [0.29, 0.717) is 5.75 Å². The SMILES string of the molecule is Cc1cc(SCc2sc(Cc3cccc4ccccc34)nc2C)ccc1OCC(=O)O. The molecule has 0 saturated heterocycles. The standard InChI is InChI=1S/C25H23NO3S2/c1-16-12-20(10-11-22(16)29-14-25(27)28)30-15-23-17(2)26-24(31-23)13-19-8-5-7-18-6-3-4-9-21(18)19/h3-12H,13-15H2,1-2H3,(H,27,28). The van der Waals surface area contributed by atoms with Crippen LogP contribution >= 0.6 is 23.1 Å². The lowest BCUT2D eigenvalue weighted by Gasteiger charge is -2.08. The summed E-state index contributed by atoms with van der Waals surface area (Å²) in [4.78, 5) is 17.9. The molecule has 0 aliphatic heterocycles. The molecule has 158 valence electrons. The summed E-state index contributed by atoms with van der Waals surface area (Å²) in [5, 5.41) is 12.5. The normalized spacial score (nSPS) is 11.0. The quantitative estimate of drug-likeness (QED) is 0.322. The third kappa shape index (κ3) is 5.27. The highest BCUT2D eigenvalue weighted by Crippen LogP contribution is 2.32. The molecule has 0 radical (unpaired) electrons. The van der Waals surface area contributed by atoms with E-state index in [4.69, 9.17) is 14.8 Å². The number of nitrogens with zero attached hydrogens (tertiary/aromatic N) is 1. The van der Waals surface area contributed by atoms with E-state index in [9.17, 15) is 4.79 Å². The first-order chi connectivity index (χ1) is 15.0. The summed E-state index contributed by atoms with van der Waals surface area (Å²) in [6, 6.07) is 20.8. The number of thioether (sulfide) groups is 1. The molecular weight excluding hydrogens is 426 g/mol. The number of carboxylic acid groups (broad SMARTS) is 1. The maximum Gasteiger partial charge on any atom is 0.341 e. The number of ether oxygens (including phenoxy) is 1. The van der Waals surface area contributed by atoms with Crippen LogP contribution in [0.2, 0.25) is 0 Å². The molecule has 0 amide bonds. The average molecular weight is 450 g/mol. The summed E-state index contributed by atoms with van der Waals surface area (Å²) in [6.07, 6.45) is 0.840. The lowest BCUT2D eigenvalue weighted by molar-refractivity contribution is -0.139. The molecule has 0 bridgehead atoms. The predicted molar refractivity (Wildman–Crippen MR) is 127 cm³/mol. The van der Waals surface area contributed by atoms with Crippen LogP contribution in [0.15, 0.2) is 65.6 Å². The first-order valence-corrected chi connectivity index (χ1v) is 11.8. The molecule has 6 heteroatoms. The first-order valence-electron chi connectivity index (χ1n) is 9.99. The molecule has 0 aliphatic carbocycles. The summed E-state index contributed by atoms with van der Waals surface area (Å²) >= 11 is 3.53. The minimum Gasteiger partial charge on any atom is -0.482 e. The third-order valence-electron chi connectivity index (χ3n) is 5.03. The highest BCUT2D eigenvalue weighted by atomic mass is 32.2. The van der Waals surface area contributed by atoms with Gasteiger partial charge in [-0.15, -0.1) is 23.1 Å². The topological polar surface area (TPSA) is 59.4 Å². The maximum absolute atomic E-state index is 10.7. The van der Waals surface area contributed by atoms with Crippen molar-refractivity contribution in [3.63, 3.8) is 0 Å². The molecule has 1 N–H and O–H groups in total. The summed E-state index contributed by atoms with van der Waals surface area (Å²) in [5.74, 6) is 0.490. The largest absolute Gasteiger partial charge is 0.482 e. The van der Waals surface area contributed by atoms with Crippen molar-refractivity contribution in [3.8, 4) is 5.75 Å². The molecule has 31 heavy (non-hydrogen) atoms. The van der Waals surface area contributed by atoms with Gasteiger partial charge >= 0.3 is 5.97 Å². The van der Waals surface area contributed by atoms with Crippen LogP contribution in [0.25, 0.3) is 10.8 Å². The number of thiazole rings is 1. The summed E-state index contributed by atoms with van der Waals surface area (Å²) in [6.45, 7) is 3.68. The van der Waals surface area contributed by atoms with Gasteiger partial charge in [-0.25, -0.2) is 9.78 Å². The molecule has 1 aromatic heterocycles. The molecule has 0 saturated carbocycles. The van der Waals surface area contributed by atoms with Crippen molar-refractivity contribution in [1.82, 2.24) is 4.98 Å². The zero-order valence-corrected chi connectivity index (χ0v) is 19.1. The van der Waals surface area contributed by atoms with Gasteiger partial charge in [0.05, 0.1) is 10.7 Å². The molecule has 4 rings (SSSR count). The summed E-state index contributed by atoms with van der Waals surface area (Å²) in [7, 11) is 0. The molecule has 1 heterocycles. The predicted octanol–water partition coefficient (Wildman–Crippen LogP) is 6.26. The molecule has 0 fully saturated rings. The van der Waals surface area contributed by atoms with E-state index in [2.05, 4.69) is 49.4 Å². The van der Waals surface area contributed by atoms with E-state index in [0.717, 1.165) is 33.3 Å². The number of aromatic nitrogens is 1. The Hall–Kier alpha value is -2.83. The van der Waals surface area contributed by atoms with Gasteiger partial charge in [0.15, 0.2) is 6.61 Å². The van der Waals surface area contributed by atoms with Crippen molar-refractivity contribution >= 4 is 39.8 Å². The van der Waals surface area contributed by atoms with Crippen molar-refractivity contribution in [2.75, 3.05) is 6.61 Å². The monoisotopic (exact) mass is 449 g/mol. The van der Waals surface area contributed by atoms with Gasteiger partial charge in [-0.1, -0.05) is 42.5 Å². The second-order valence-electron chi connectivity index (χ2n) is 7.33. The first kappa shape index (κ1) is 21.4. The highest BCUT2D eigenvalue weighted by molar-refractivity contribution is 7.98. The van der Waals surface area contributed by atoms with Crippen molar-refractivity contribution in [2.45, 2.75) is 30.9 Å². The number of aryl methyl sites for hydroxylation is 2. The van der Waals surface area contributed by atoms with Gasteiger partial charge in [0, 0.05) is 21.9 Å². The second-order valence-corrected chi connectivity index (χ2v) is 9.55. The van der Waals surface area contributed by atoms with Crippen LogP contribution in [0.4, 0.5) is 0 Å². The van der Waals surface area contributed by atoms with E-state index in [1.165, 1.54) is 21.2 Å². The fraction of sp³-hybridized carbons (Fsp3) is 0.200. The Morgan fingerprint density at radius 3 is 2.71 bits per heavy atom. The Labute approximate surface area is 189 Å². The van der Waals surface area contributed by atoms with Crippen molar-refractivity contribution in [2.24, 2.45) is 0 Å². The lowest BCUT2D eigenvalue weighted by atomic mass is 10.0. The minimum absolute atomic E-state index is 0.327. The van der Waals surface area contributed by atoms with Gasteiger partial charge in [-0.05, 0) is 53.9 Å². The number of fused-ring (bicyclic) bond motifs is 1. The van der Waals surface area contributed by atoms with Crippen LogP contribution in [0.1, 0.15) is 26.7 Å². The smallest absolute Gasteiger partial charge is 0.341 e. The maximum atomic E-state index is 10.7. The van der Waals surface area contributed by atoms with E-state index >= 15 is 0 Å². The Balaban J connectivity index is 1.44. The van der Waals surface area contributed by atoms with Crippen LogP contribution in [0.3, 0.4) is 0 Å². The van der Waals surface area contributed by atoms with E-state index in [1.807, 2.05) is 25.1 Å². The van der Waals surface area contributed by atoms with Gasteiger partial charge in [0.25, 0.3) is 0 Å². The van der Waals surface area contributed by atoms with Crippen molar-refractivity contribution in [1.29, 1.82) is 0 Å². The number of rotatable bonds is 8. The molecule has 3 aromatic carbocycles. The Bertz CT molecular complexity index is 1230. The van der Waals surface area contributed by atoms with E-state index < -0.39 is 5.97 Å². The van der Waals surface area contributed by atoms with Gasteiger partial charge in [0.2, 0.25) is 0 Å². The molecule has 0 aliphatic rings. The van der Waals surface area contributed by atoms with Gasteiger partial charge in [-0.3, -0.25) is 0 Å². The van der Waals surface area contributed by atoms with E-state index in [-0.39, 0.29) is 6.61 Å². The highest BCUT2D eigenvalue weighted by Gasteiger charge is 2.11. The summed E-state index contributed by atoms with van der Waals surface area (Å²) < 4.78 is 5.31. The molecule has 0 unspecified atom stereocenters. The van der Waals surface area contributed by atoms with Gasteiger partial charge in [0.1, 0.15) is 5.75 Å². The Morgan fingerprint density at radius 1 is 1.10 bits per heavy atom. The Kier molecular flexibility index (Phi) is 6.59. The number of benzene rings is 3. The fourth-order valence-corrected chi connectivity index (χ4v) is 5.70. The summed E-state index contributed by atoms with van der Waals surface area (Å²) in [5.41, 5.74) is 3.33. The van der Waals surface area contributed by atoms with Crippen LogP contribution < -0.4 is 4.74 Å². The third-order valence-corrected chi connectivity index (χ3v) is 7.39. The molecule has 4 nitrogen and oxygen atoms in total. The number of carbonyl (C=O) groups is 1. The number of hydrogen-bond acceptors (Lipinski definition) is 5. The van der Waals surface area contributed by atoms with Crippen molar-refractivity contribution in [3.05, 3.63) is 87.4 Å². The second kappa shape index (κ2) is 9.54.